The summed E-state index contributed by atoms with van der Waals surface area (Å²) in [5.74, 6) is -1.34. The van der Waals surface area contributed by atoms with Gasteiger partial charge in [0.05, 0.1) is 0 Å². The van der Waals surface area contributed by atoms with Gasteiger partial charge in [-0.05, 0) is 13.8 Å². The smallest absolute Gasteiger partial charge is 0.329 e. The summed E-state index contributed by atoms with van der Waals surface area (Å²) in [6.45, 7) is 2.76. The predicted molar refractivity (Wildman–Crippen MR) is 66.2 cm³/mol. The fraction of sp³-hybridized carbons (Fsp3) is 0.727. The molecular weight excluding hydrogens is 238 g/mol. The van der Waals surface area contributed by atoms with Crippen LogP contribution in [0, 0.1) is 0 Å². The molecule has 1 N–H and O–H groups in total. The van der Waals surface area contributed by atoms with Gasteiger partial charge in [0.15, 0.2) is 0 Å². The molecule has 0 rings (SSSR count). The van der Waals surface area contributed by atoms with E-state index in [0.717, 1.165) is 4.90 Å². The number of hydrogen-bond acceptors (Lipinski definition) is 3. The molecular formula is C11H21N3O4. The van der Waals surface area contributed by atoms with Crippen molar-refractivity contribution >= 4 is 17.9 Å². The number of carboxylic acids is 1. The first kappa shape index (κ1) is 16.2. The highest BCUT2D eigenvalue weighted by Crippen LogP contribution is 2.14. The summed E-state index contributed by atoms with van der Waals surface area (Å²) in [7, 11) is 6.03. The van der Waals surface area contributed by atoms with Crippen LogP contribution in [-0.2, 0) is 9.59 Å². The standard InChI is InChI=1S/C11H21N3O4/c1-11(2,9(16)17)14(6)10(18)13(5)7-8(15)12(3)4/h7H2,1-6H3,(H,16,17). The Morgan fingerprint density at radius 2 is 1.50 bits per heavy atom. The lowest BCUT2D eigenvalue weighted by Crippen LogP contribution is -2.55. The molecule has 0 spiro atoms. The lowest BCUT2D eigenvalue weighted by Gasteiger charge is -2.34. The molecule has 0 bridgehead atoms. The number of nitrogens with zero attached hydrogens (tertiary/aromatic N) is 3. The highest BCUT2D eigenvalue weighted by Gasteiger charge is 2.36. The second-order valence-corrected chi connectivity index (χ2v) is 4.85. The van der Waals surface area contributed by atoms with Crippen LogP contribution in [0.5, 0.6) is 0 Å². The van der Waals surface area contributed by atoms with E-state index in [1.807, 2.05) is 0 Å². The molecule has 0 saturated carbocycles. The first-order valence-electron chi connectivity index (χ1n) is 5.44. The molecule has 7 heteroatoms. The van der Waals surface area contributed by atoms with Gasteiger partial charge < -0.3 is 19.8 Å². The van der Waals surface area contributed by atoms with Crippen molar-refractivity contribution in [1.29, 1.82) is 0 Å². The third kappa shape index (κ3) is 3.61. The zero-order valence-electron chi connectivity index (χ0n) is 11.7. The molecule has 0 aromatic heterocycles. The van der Waals surface area contributed by atoms with E-state index < -0.39 is 17.5 Å². The number of urea groups is 1. The Hall–Kier alpha value is -1.79. The van der Waals surface area contributed by atoms with Crippen LogP contribution in [0.15, 0.2) is 0 Å². The normalized spacial score (nSPS) is 10.8. The Labute approximate surface area is 107 Å². The van der Waals surface area contributed by atoms with Crippen LogP contribution in [0.4, 0.5) is 4.79 Å². The summed E-state index contributed by atoms with van der Waals surface area (Å²) in [6.07, 6.45) is 0. The lowest BCUT2D eigenvalue weighted by atomic mass is 10.0. The quantitative estimate of drug-likeness (QED) is 0.765. The molecule has 0 saturated heterocycles. The minimum Gasteiger partial charge on any atom is -0.480 e. The van der Waals surface area contributed by atoms with Gasteiger partial charge in [-0.3, -0.25) is 4.79 Å². The highest BCUT2D eigenvalue weighted by atomic mass is 16.4. The first-order chi connectivity index (χ1) is 8.01. The zero-order chi connectivity index (χ0) is 14.7. The average molecular weight is 259 g/mol. The lowest BCUT2D eigenvalue weighted by molar-refractivity contribution is -0.147. The summed E-state index contributed by atoms with van der Waals surface area (Å²) in [6, 6.07) is -0.516. The fourth-order valence-corrected chi connectivity index (χ4v) is 1.05. The number of aliphatic carboxylic acids is 1. The van der Waals surface area contributed by atoms with Gasteiger partial charge in [0.1, 0.15) is 12.1 Å². The van der Waals surface area contributed by atoms with Crippen LogP contribution < -0.4 is 0 Å². The molecule has 3 amide bonds. The van der Waals surface area contributed by atoms with Gasteiger partial charge in [-0.2, -0.15) is 0 Å². The second kappa shape index (κ2) is 5.70. The summed E-state index contributed by atoms with van der Waals surface area (Å²) in [5, 5.41) is 9.02. The SMILES string of the molecule is CN(C)C(=O)CN(C)C(=O)N(C)C(C)(C)C(=O)O. The monoisotopic (exact) mass is 259 g/mol. The maximum atomic E-state index is 12.0. The molecule has 18 heavy (non-hydrogen) atoms. The van der Waals surface area contributed by atoms with Gasteiger partial charge in [0, 0.05) is 28.2 Å². The minimum atomic E-state index is -1.33. The molecule has 0 aliphatic heterocycles. The number of carbonyl (C=O) groups is 3. The number of hydrogen-bond donors (Lipinski definition) is 1. The Morgan fingerprint density at radius 3 is 1.83 bits per heavy atom. The summed E-state index contributed by atoms with van der Waals surface area (Å²) in [4.78, 5) is 38.1. The van der Waals surface area contributed by atoms with Crippen molar-refractivity contribution in [3.8, 4) is 0 Å². The number of likely N-dealkylation sites (N-methyl/N-ethyl adjacent to an activating group) is 3. The van der Waals surface area contributed by atoms with Crippen molar-refractivity contribution in [1.82, 2.24) is 14.7 Å². The fourth-order valence-electron chi connectivity index (χ4n) is 1.05. The van der Waals surface area contributed by atoms with Crippen LogP contribution in [-0.4, -0.2) is 78.0 Å². The van der Waals surface area contributed by atoms with Crippen molar-refractivity contribution in [2.75, 3.05) is 34.7 Å². The number of amides is 3. The first-order valence-corrected chi connectivity index (χ1v) is 5.44. The molecule has 0 radical (unpaired) electrons. The molecule has 0 atom stereocenters. The maximum Gasteiger partial charge on any atom is 0.329 e. The molecule has 0 aliphatic rings. The van der Waals surface area contributed by atoms with E-state index in [0.29, 0.717) is 0 Å². The molecule has 0 aromatic rings. The molecule has 0 aromatic carbocycles. The van der Waals surface area contributed by atoms with Crippen molar-refractivity contribution in [2.45, 2.75) is 19.4 Å². The van der Waals surface area contributed by atoms with Crippen molar-refractivity contribution in [3.05, 3.63) is 0 Å². The Balaban J connectivity index is 4.75. The summed E-state index contributed by atoms with van der Waals surface area (Å²) in [5.41, 5.74) is -1.33. The number of carboxylic acid groups (broad SMARTS) is 1. The van der Waals surface area contributed by atoms with Gasteiger partial charge in [0.25, 0.3) is 0 Å². The van der Waals surface area contributed by atoms with Gasteiger partial charge in [0.2, 0.25) is 5.91 Å². The molecule has 0 fully saturated rings. The third-order valence-corrected chi connectivity index (χ3v) is 2.85. The Morgan fingerprint density at radius 1 is 1.06 bits per heavy atom. The molecule has 0 heterocycles. The van der Waals surface area contributed by atoms with Gasteiger partial charge in [-0.15, -0.1) is 0 Å². The van der Waals surface area contributed by atoms with Crippen molar-refractivity contribution in [3.63, 3.8) is 0 Å². The largest absolute Gasteiger partial charge is 0.480 e. The number of rotatable bonds is 4. The third-order valence-electron chi connectivity index (χ3n) is 2.85. The Kier molecular flexibility index (Phi) is 5.13. The van der Waals surface area contributed by atoms with Crippen molar-refractivity contribution < 1.29 is 19.5 Å². The predicted octanol–water partition coefficient (Wildman–Crippen LogP) is -0.0786. The van der Waals surface area contributed by atoms with E-state index in [4.69, 9.17) is 5.11 Å². The van der Waals surface area contributed by atoms with Gasteiger partial charge in [-0.25, -0.2) is 9.59 Å². The summed E-state index contributed by atoms with van der Waals surface area (Å²) >= 11 is 0. The van der Waals surface area contributed by atoms with Crippen LogP contribution in [0.25, 0.3) is 0 Å². The minimum absolute atomic E-state index is 0.0914. The second-order valence-electron chi connectivity index (χ2n) is 4.85. The highest BCUT2D eigenvalue weighted by molar-refractivity contribution is 5.88. The van der Waals surface area contributed by atoms with Crippen molar-refractivity contribution in [2.24, 2.45) is 0 Å². The van der Waals surface area contributed by atoms with E-state index in [2.05, 4.69) is 0 Å². The van der Waals surface area contributed by atoms with Crippen LogP contribution in [0.2, 0.25) is 0 Å². The average Bonchev–Trinajstić information content (AvgIpc) is 2.26. The number of carbonyl (C=O) groups excluding carboxylic acids is 2. The molecule has 7 nitrogen and oxygen atoms in total. The van der Waals surface area contributed by atoms with Gasteiger partial charge >= 0.3 is 12.0 Å². The molecule has 104 valence electrons. The van der Waals surface area contributed by atoms with E-state index >= 15 is 0 Å². The molecule has 0 aliphatic carbocycles. The van der Waals surface area contributed by atoms with Gasteiger partial charge in [-0.1, -0.05) is 0 Å². The summed E-state index contributed by atoms with van der Waals surface area (Å²) < 4.78 is 0. The Bertz CT molecular complexity index is 352. The molecule has 0 unspecified atom stereocenters. The van der Waals surface area contributed by atoms with E-state index in [9.17, 15) is 14.4 Å². The van der Waals surface area contributed by atoms with E-state index in [-0.39, 0.29) is 12.5 Å². The maximum absolute atomic E-state index is 12.0. The topological polar surface area (TPSA) is 81.2 Å². The van der Waals surface area contributed by atoms with Crippen LogP contribution in [0.1, 0.15) is 13.8 Å². The zero-order valence-corrected chi connectivity index (χ0v) is 11.7. The van der Waals surface area contributed by atoms with Crippen LogP contribution in [0.3, 0.4) is 0 Å². The van der Waals surface area contributed by atoms with Crippen LogP contribution >= 0.6 is 0 Å². The van der Waals surface area contributed by atoms with E-state index in [1.165, 1.54) is 37.7 Å². The van der Waals surface area contributed by atoms with E-state index in [1.54, 1.807) is 14.1 Å².